The van der Waals surface area contributed by atoms with Crippen LogP contribution in [0.1, 0.15) is 18.5 Å². The molecule has 0 spiro atoms. The second kappa shape index (κ2) is 8.67. The maximum Gasteiger partial charge on any atom is 0.271 e. The molecule has 0 aliphatic carbocycles. The maximum atomic E-state index is 15.8. The van der Waals surface area contributed by atoms with Crippen LogP contribution in [0.3, 0.4) is 0 Å². The normalized spacial score (nSPS) is 12.7. The molecule has 1 atom stereocenters. The largest absolute Gasteiger partial charge is 0.492 e. The molecule has 0 fully saturated rings. The van der Waals surface area contributed by atoms with Crippen LogP contribution in [-0.2, 0) is 0 Å². The number of hydrogen-bond donors (Lipinski definition) is 1. The van der Waals surface area contributed by atoms with Crippen LogP contribution >= 0.6 is 0 Å². The van der Waals surface area contributed by atoms with E-state index in [0.717, 1.165) is 23.7 Å². The van der Waals surface area contributed by atoms with Gasteiger partial charge < -0.3 is 10.5 Å². The van der Waals surface area contributed by atoms with Gasteiger partial charge in [-0.2, -0.15) is 10.1 Å². The molecule has 0 amide bonds. The van der Waals surface area contributed by atoms with Crippen molar-refractivity contribution in [2.45, 2.75) is 18.9 Å². The van der Waals surface area contributed by atoms with Crippen LogP contribution in [0.25, 0.3) is 27.9 Å². The smallest absolute Gasteiger partial charge is 0.271 e. The van der Waals surface area contributed by atoms with E-state index in [2.05, 4.69) is 15.2 Å². The van der Waals surface area contributed by atoms with Crippen molar-refractivity contribution >= 4 is 11.6 Å². The zero-order valence-electron chi connectivity index (χ0n) is 19.2. The van der Waals surface area contributed by atoms with E-state index in [1.54, 1.807) is 24.4 Å². The van der Waals surface area contributed by atoms with E-state index in [1.165, 1.54) is 42.2 Å². The predicted octanol–water partition coefficient (Wildman–Crippen LogP) is 5.37. The van der Waals surface area contributed by atoms with Gasteiger partial charge in [-0.3, -0.25) is 4.68 Å². The number of halogens is 4. The van der Waals surface area contributed by atoms with E-state index in [-0.39, 0.29) is 34.0 Å². The second-order valence-corrected chi connectivity index (χ2v) is 8.29. The fraction of sp³-hybridized carbons (Fsp3) is 0.160. The van der Waals surface area contributed by atoms with Gasteiger partial charge in [0.25, 0.3) is 5.92 Å². The van der Waals surface area contributed by atoms with Gasteiger partial charge in [-0.15, -0.1) is 5.10 Å². The van der Waals surface area contributed by atoms with Crippen LogP contribution in [0.5, 0.6) is 5.75 Å². The van der Waals surface area contributed by atoms with Crippen LogP contribution in [0.4, 0.5) is 23.5 Å². The van der Waals surface area contributed by atoms with Gasteiger partial charge in [0.15, 0.2) is 11.4 Å². The Morgan fingerprint density at radius 2 is 1.72 bits per heavy atom. The lowest BCUT2D eigenvalue weighted by molar-refractivity contribution is -0.0217. The third kappa shape index (κ3) is 4.02. The maximum absolute atomic E-state index is 15.8. The van der Waals surface area contributed by atoms with E-state index in [1.807, 2.05) is 0 Å². The first-order valence-electron chi connectivity index (χ1n) is 10.8. The Labute approximate surface area is 202 Å². The number of rotatable bonds is 6. The van der Waals surface area contributed by atoms with Gasteiger partial charge in [0, 0.05) is 41.6 Å². The molecular weight excluding hydrogens is 476 g/mol. The lowest BCUT2D eigenvalue weighted by Gasteiger charge is -2.24. The standard InChI is InChI=1S/C25H20F4N6O/c1-25(28,29)22(14-6-8-16(26)9-7-14)35-13-15(12-31-35)17-4-3-5-18(20(17)27)19-10-11-34-23(21(19)36-2)32-24(30)33-34/h3-13,22H,1-2H3,(H2,30,33)/t22-/m1/s1. The Kier molecular flexibility index (Phi) is 5.62. The summed E-state index contributed by atoms with van der Waals surface area (Å²) in [4.78, 5) is 4.13. The van der Waals surface area contributed by atoms with Crippen molar-refractivity contribution in [2.75, 3.05) is 12.8 Å². The number of hydrogen-bond acceptors (Lipinski definition) is 5. The van der Waals surface area contributed by atoms with Crippen LogP contribution in [0, 0.1) is 11.6 Å². The molecule has 7 nitrogen and oxygen atoms in total. The molecule has 0 aliphatic heterocycles. The number of nitrogens with zero attached hydrogens (tertiary/aromatic N) is 5. The summed E-state index contributed by atoms with van der Waals surface area (Å²) < 4.78 is 66.3. The van der Waals surface area contributed by atoms with Gasteiger partial charge in [0.05, 0.1) is 13.3 Å². The molecule has 2 N–H and O–H groups in total. The Morgan fingerprint density at radius 3 is 2.42 bits per heavy atom. The summed E-state index contributed by atoms with van der Waals surface area (Å²) in [6, 6.07) is 9.60. The third-order valence-corrected chi connectivity index (χ3v) is 5.81. The number of nitrogens with two attached hydrogens (primary N) is 1. The molecule has 184 valence electrons. The van der Waals surface area contributed by atoms with E-state index in [4.69, 9.17) is 10.5 Å². The van der Waals surface area contributed by atoms with Crippen LogP contribution < -0.4 is 10.5 Å². The van der Waals surface area contributed by atoms with Gasteiger partial charge in [-0.1, -0.05) is 30.3 Å². The molecule has 0 saturated heterocycles. The summed E-state index contributed by atoms with van der Waals surface area (Å²) in [5.41, 5.74) is 7.23. The number of aromatic nitrogens is 5. The minimum atomic E-state index is -3.23. The zero-order valence-corrected chi connectivity index (χ0v) is 19.2. The van der Waals surface area contributed by atoms with Crippen molar-refractivity contribution in [1.82, 2.24) is 24.4 Å². The lowest BCUT2D eigenvalue weighted by Crippen LogP contribution is -2.29. The molecule has 0 unspecified atom stereocenters. The molecule has 0 radical (unpaired) electrons. The highest BCUT2D eigenvalue weighted by Crippen LogP contribution is 2.39. The Balaban J connectivity index is 1.59. The molecule has 5 rings (SSSR count). The molecule has 0 saturated carbocycles. The van der Waals surface area contributed by atoms with Crippen molar-refractivity contribution in [1.29, 1.82) is 0 Å². The third-order valence-electron chi connectivity index (χ3n) is 5.81. The number of benzene rings is 2. The van der Waals surface area contributed by atoms with Crippen LogP contribution in [-0.4, -0.2) is 37.4 Å². The first-order valence-corrected chi connectivity index (χ1v) is 10.8. The highest BCUT2D eigenvalue weighted by molar-refractivity contribution is 5.81. The van der Waals surface area contributed by atoms with Crippen molar-refractivity contribution in [3.63, 3.8) is 0 Å². The average Bonchev–Trinajstić information content (AvgIpc) is 3.45. The second-order valence-electron chi connectivity index (χ2n) is 8.29. The molecule has 11 heteroatoms. The van der Waals surface area contributed by atoms with Gasteiger partial charge in [0.2, 0.25) is 5.95 Å². The summed E-state index contributed by atoms with van der Waals surface area (Å²) in [5.74, 6) is -4.07. The van der Waals surface area contributed by atoms with E-state index in [9.17, 15) is 13.2 Å². The summed E-state index contributed by atoms with van der Waals surface area (Å²) in [6.45, 7) is 0.753. The predicted molar refractivity (Wildman–Crippen MR) is 126 cm³/mol. The number of alkyl halides is 2. The zero-order chi connectivity index (χ0) is 25.6. The number of methoxy groups -OCH3 is 1. The van der Waals surface area contributed by atoms with Crippen LogP contribution in [0.15, 0.2) is 67.1 Å². The number of pyridine rings is 1. The fourth-order valence-electron chi connectivity index (χ4n) is 4.26. The van der Waals surface area contributed by atoms with Crippen LogP contribution in [0.2, 0.25) is 0 Å². The molecule has 5 aromatic rings. The number of anilines is 1. The molecule has 3 heterocycles. The molecule has 2 aromatic carbocycles. The van der Waals surface area contributed by atoms with Crippen molar-refractivity contribution in [3.8, 4) is 28.0 Å². The van der Waals surface area contributed by atoms with Crippen molar-refractivity contribution in [2.24, 2.45) is 0 Å². The summed E-state index contributed by atoms with van der Waals surface area (Å²) in [7, 11) is 1.43. The molecule has 0 bridgehead atoms. The Hall–Kier alpha value is -4.41. The summed E-state index contributed by atoms with van der Waals surface area (Å²) >= 11 is 0. The summed E-state index contributed by atoms with van der Waals surface area (Å²) in [6.07, 6.45) is 4.23. The molecule has 0 aliphatic rings. The minimum Gasteiger partial charge on any atom is -0.492 e. The van der Waals surface area contributed by atoms with E-state index >= 15 is 4.39 Å². The highest BCUT2D eigenvalue weighted by atomic mass is 19.3. The quantitative estimate of drug-likeness (QED) is 0.320. The van der Waals surface area contributed by atoms with Gasteiger partial charge in [0.1, 0.15) is 17.7 Å². The van der Waals surface area contributed by atoms with E-state index in [0.29, 0.717) is 11.2 Å². The molecule has 3 aromatic heterocycles. The fourth-order valence-corrected chi connectivity index (χ4v) is 4.26. The van der Waals surface area contributed by atoms with E-state index < -0.39 is 23.6 Å². The minimum absolute atomic E-state index is 0.0375. The summed E-state index contributed by atoms with van der Waals surface area (Å²) in [5, 5.41) is 8.12. The Bertz CT molecular complexity index is 1560. The number of fused-ring (bicyclic) bond motifs is 1. The first kappa shape index (κ1) is 23.3. The SMILES string of the molecule is COc1c(-c2cccc(-c3cnn([C@H](c4ccc(F)cc4)C(C)(F)F)c3)c2F)ccn2nc(N)nc12. The number of nitrogen functional groups attached to an aromatic ring is 1. The lowest BCUT2D eigenvalue weighted by atomic mass is 9.99. The highest BCUT2D eigenvalue weighted by Gasteiger charge is 2.38. The Morgan fingerprint density at radius 1 is 1.00 bits per heavy atom. The van der Waals surface area contributed by atoms with Gasteiger partial charge in [-0.25, -0.2) is 22.1 Å². The molecular formula is C25H20F4N6O. The average molecular weight is 496 g/mol. The van der Waals surface area contributed by atoms with Crippen molar-refractivity contribution < 1.29 is 22.3 Å². The van der Waals surface area contributed by atoms with Gasteiger partial charge in [-0.05, 0) is 23.8 Å². The van der Waals surface area contributed by atoms with Gasteiger partial charge >= 0.3 is 0 Å². The molecule has 36 heavy (non-hydrogen) atoms. The monoisotopic (exact) mass is 496 g/mol. The van der Waals surface area contributed by atoms with Crippen molar-refractivity contribution in [3.05, 3.63) is 84.3 Å². The number of ether oxygens (including phenoxy) is 1. The topological polar surface area (TPSA) is 83.3 Å². The first-order chi connectivity index (χ1) is 17.2.